The Morgan fingerprint density at radius 3 is 2.70 bits per heavy atom. The van der Waals surface area contributed by atoms with Crippen molar-refractivity contribution in [3.8, 4) is 5.69 Å². The maximum Gasteiger partial charge on any atom is 0.368 e. The van der Waals surface area contributed by atoms with E-state index >= 15 is 4.39 Å². The number of aromatic nitrogens is 6. The third-order valence-corrected chi connectivity index (χ3v) is 7.30. The summed E-state index contributed by atoms with van der Waals surface area (Å²) in [5, 5.41) is 23.6. The summed E-state index contributed by atoms with van der Waals surface area (Å²) >= 11 is 0. The first-order chi connectivity index (χ1) is 17.5. The number of benzene rings is 1. The molecule has 3 N–H and O–H groups in total. The van der Waals surface area contributed by atoms with E-state index in [-0.39, 0.29) is 40.3 Å². The second-order valence-electron chi connectivity index (χ2n) is 10.5. The molecule has 1 unspecified atom stereocenters. The van der Waals surface area contributed by atoms with Gasteiger partial charge >= 0.3 is 5.69 Å². The van der Waals surface area contributed by atoms with E-state index in [0.717, 1.165) is 47.4 Å². The molecule has 0 spiro atoms. The third-order valence-electron chi connectivity index (χ3n) is 7.30. The number of aliphatic hydroxyl groups is 1. The molecule has 2 fully saturated rings. The summed E-state index contributed by atoms with van der Waals surface area (Å²) in [6.07, 6.45) is 3.96. The molecule has 198 valence electrons. The molecular weight excluding hydrogens is 484 g/mol. The van der Waals surface area contributed by atoms with Gasteiger partial charge in [-0.3, -0.25) is 4.90 Å². The van der Waals surface area contributed by atoms with E-state index in [2.05, 4.69) is 49.8 Å². The molecule has 0 radical (unpaired) electrons. The number of piperidine rings is 1. The lowest BCUT2D eigenvalue weighted by atomic mass is 9.84. The minimum Gasteiger partial charge on any atom is -0.389 e. The van der Waals surface area contributed by atoms with Gasteiger partial charge in [-0.15, -0.1) is 0 Å². The fourth-order valence-corrected chi connectivity index (χ4v) is 5.62. The number of hydrogen-bond acceptors (Lipinski definition) is 9. The van der Waals surface area contributed by atoms with Gasteiger partial charge in [0.2, 0.25) is 5.95 Å². The number of rotatable bonds is 6. The number of nitrogens with zero attached hydrogens (tertiary/aromatic N) is 7. The van der Waals surface area contributed by atoms with Crippen LogP contribution < -0.4 is 16.3 Å². The molecule has 0 bridgehead atoms. The van der Waals surface area contributed by atoms with Crippen molar-refractivity contribution in [2.75, 3.05) is 17.2 Å². The molecule has 0 amide bonds. The van der Waals surface area contributed by atoms with Crippen molar-refractivity contribution in [3.05, 3.63) is 46.0 Å². The van der Waals surface area contributed by atoms with Crippen LogP contribution in [0.3, 0.4) is 0 Å². The van der Waals surface area contributed by atoms with Gasteiger partial charge in [-0.05, 0) is 75.6 Å². The van der Waals surface area contributed by atoms with Gasteiger partial charge in [-0.2, -0.15) is 14.3 Å². The lowest BCUT2D eigenvalue weighted by Gasteiger charge is -2.47. The maximum absolute atomic E-state index is 15.0. The van der Waals surface area contributed by atoms with Crippen molar-refractivity contribution in [1.29, 1.82) is 0 Å². The summed E-state index contributed by atoms with van der Waals surface area (Å²) in [4.78, 5) is 23.2. The highest BCUT2D eigenvalue weighted by molar-refractivity contribution is 5.62. The Hall–Kier alpha value is -3.45. The molecule has 13 heteroatoms. The number of anilines is 3. The van der Waals surface area contributed by atoms with Crippen LogP contribution in [-0.4, -0.2) is 63.9 Å². The number of fused-ring (bicyclic) bond motifs is 1. The smallest absolute Gasteiger partial charge is 0.368 e. The van der Waals surface area contributed by atoms with Gasteiger partial charge < -0.3 is 15.7 Å². The minimum absolute atomic E-state index is 0.00873. The van der Waals surface area contributed by atoms with Crippen molar-refractivity contribution in [1.82, 2.24) is 34.7 Å². The summed E-state index contributed by atoms with van der Waals surface area (Å²) < 4.78 is 31.7. The van der Waals surface area contributed by atoms with Crippen LogP contribution in [0.4, 0.5) is 26.2 Å². The quantitative estimate of drug-likeness (QED) is 0.454. The van der Waals surface area contributed by atoms with Crippen molar-refractivity contribution < 1.29 is 13.9 Å². The molecule has 3 atom stereocenters. The van der Waals surface area contributed by atoms with E-state index in [4.69, 9.17) is 0 Å². The average molecular weight is 516 g/mol. The predicted molar refractivity (Wildman–Crippen MR) is 133 cm³/mol. The summed E-state index contributed by atoms with van der Waals surface area (Å²) in [5.74, 6) is -1.30. The molecule has 0 aliphatic carbocycles. The van der Waals surface area contributed by atoms with Crippen LogP contribution in [0.25, 0.3) is 5.69 Å². The maximum atomic E-state index is 15.0. The highest BCUT2D eigenvalue weighted by Gasteiger charge is 2.43. The number of hydrogen-bond donors (Lipinski definition) is 3. The van der Waals surface area contributed by atoms with Gasteiger partial charge in [0.15, 0.2) is 11.6 Å². The fourth-order valence-electron chi connectivity index (χ4n) is 5.62. The van der Waals surface area contributed by atoms with E-state index in [1.807, 2.05) is 0 Å². The Labute approximate surface area is 212 Å². The van der Waals surface area contributed by atoms with Crippen LogP contribution in [0.2, 0.25) is 0 Å². The predicted octanol–water partition coefficient (Wildman–Crippen LogP) is 2.65. The van der Waals surface area contributed by atoms with Crippen LogP contribution in [0.5, 0.6) is 0 Å². The SMILES string of the molecule is CC(O)c1cc(F)c(Nc2ncc(F)c(N[C@@H]3C[C@@H]4CCCN4C(C)(C)C3)n2)cc1-n1nnn(C)c1=O. The van der Waals surface area contributed by atoms with Gasteiger partial charge in [0.25, 0.3) is 0 Å². The van der Waals surface area contributed by atoms with Crippen LogP contribution >= 0.6 is 0 Å². The number of tetrazole rings is 1. The second-order valence-corrected chi connectivity index (χ2v) is 10.5. The molecule has 3 aromatic rings. The monoisotopic (exact) mass is 515 g/mol. The molecule has 1 aromatic carbocycles. The zero-order chi connectivity index (χ0) is 26.5. The molecule has 11 nitrogen and oxygen atoms in total. The van der Waals surface area contributed by atoms with E-state index in [1.54, 1.807) is 0 Å². The van der Waals surface area contributed by atoms with Crippen LogP contribution in [0, 0.1) is 11.6 Å². The van der Waals surface area contributed by atoms with E-state index in [1.165, 1.54) is 26.5 Å². The van der Waals surface area contributed by atoms with E-state index in [0.29, 0.717) is 6.04 Å². The highest BCUT2D eigenvalue weighted by atomic mass is 19.1. The van der Waals surface area contributed by atoms with Crippen molar-refractivity contribution in [2.24, 2.45) is 7.05 Å². The zero-order valence-electron chi connectivity index (χ0n) is 21.2. The summed E-state index contributed by atoms with van der Waals surface area (Å²) in [5.41, 5.74) is -0.363. The average Bonchev–Trinajstić information content (AvgIpc) is 3.44. The number of aliphatic hydroxyl groups excluding tert-OH is 1. The van der Waals surface area contributed by atoms with Gasteiger partial charge in [0.1, 0.15) is 5.82 Å². The van der Waals surface area contributed by atoms with Crippen LogP contribution in [0.1, 0.15) is 58.1 Å². The second kappa shape index (κ2) is 9.45. The number of aryl methyl sites for hydroxylation is 1. The molecular formula is C24H31F2N9O2. The molecule has 5 rings (SSSR count). The lowest BCUT2D eigenvalue weighted by Crippen LogP contribution is -2.55. The zero-order valence-corrected chi connectivity index (χ0v) is 21.2. The van der Waals surface area contributed by atoms with Crippen molar-refractivity contribution in [3.63, 3.8) is 0 Å². The Bertz CT molecular complexity index is 1370. The molecule has 2 aliphatic heterocycles. The normalized spacial score (nSPS) is 22.0. The fraction of sp³-hybridized carbons (Fsp3) is 0.542. The number of halogens is 2. The molecule has 2 aromatic heterocycles. The van der Waals surface area contributed by atoms with Crippen molar-refractivity contribution >= 4 is 17.5 Å². The molecule has 0 saturated carbocycles. The number of nitrogens with one attached hydrogen (secondary N) is 2. The highest BCUT2D eigenvalue weighted by Crippen LogP contribution is 2.38. The van der Waals surface area contributed by atoms with Crippen LogP contribution in [0.15, 0.2) is 23.1 Å². The van der Waals surface area contributed by atoms with Gasteiger partial charge in [-0.25, -0.2) is 18.6 Å². The Morgan fingerprint density at radius 2 is 2.00 bits per heavy atom. The summed E-state index contributed by atoms with van der Waals surface area (Å²) in [6.45, 7) is 6.96. The largest absolute Gasteiger partial charge is 0.389 e. The standard InChI is InChI=1S/C24H31F2N9O2/c1-13(36)16-9-17(25)19(10-20(16)35-23(37)33(4)31-32-35)29-22-27-12-18(26)21(30-22)28-14-8-15-6-5-7-34(15)24(2,3)11-14/h9-10,12-15,36H,5-8,11H2,1-4H3,(H2,27,28,29,30)/t13?,14-,15+/m1/s1. The Balaban J connectivity index is 1.42. The first-order valence-electron chi connectivity index (χ1n) is 12.4. The van der Waals surface area contributed by atoms with E-state index < -0.39 is 23.4 Å². The minimum atomic E-state index is -1.08. The van der Waals surface area contributed by atoms with Gasteiger partial charge in [-0.1, -0.05) is 0 Å². The third kappa shape index (κ3) is 4.80. The Morgan fingerprint density at radius 1 is 1.22 bits per heavy atom. The molecule has 2 aliphatic rings. The topological polar surface area (TPSA) is 126 Å². The lowest BCUT2D eigenvalue weighted by molar-refractivity contribution is 0.0500. The summed E-state index contributed by atoms with van der Waals surface area (Å²) in [7, 11) is 1.43. The van der Waals surface area contributed by atoms with Gasteiger partial charge in [0.05, 0.1) is 23.7 Å². The molecule has 37 heavy (non-hydrogen) atoms. The first kappa shape index (κ1) is 25.2. The van der Waals surface area contributed by atoms with Crippen molar-refractivity contribution in [2.45, 2.75) is 70.2 Å². The molecule has 4 heterocycles. The molecule has 2 saturated heterocycles. The van der Waals surface area contributed by atoms with E-state index in [9.17, 15) is 14.3 Å². The van der Waals surface area contributed by atoms with Gasteiger partial charge in [0, 0.05) is 30.2 Å². The van der Waals surface area contributed by atoms with Crippen LogP contribution in [-0.2, 0) is 7.05 Å². The summed E-state index contributed by atoms with van der Waals surface area (Å²) in [6, 6.07) is 2.90. The first-order valence-corrected chi connectivity index (χ1v) is 12.4. The Kier molecular flexibility index (Phi) is 6.44.